The lowest BCUT2D eigenvalue weighted by Crippen LogP contribution is -2.12. The lowest BCUT2D eigenvalue weighted by atomic mass is 10.0. The standard InChI is InChI=1S/C15H16ClFN4/c16-14-11(10-5-6-19-8-12(10)17)3-4-13(15(14)21-18)20-7-9-1-2-9/h3-6,8-9,20-21H,1-2,7,18H2. The first-order chi connectivity index (χ1) is 10.2. The first-order valence-corrected chi connectivity index (χ1v) is 7.21. The monoisotopic (exact) mass is 306 g/mol. The van der Waals surface area contributed by atoms with Gasteiger partial charge in [-0.05, 0) is 30.9 Å². The second-order valence-electron chi connectivity index (χ2n) is 5.17. The van der Waals surface area contributed by atoms with Crippen LogP contribution in [0.5, 0.6) is 0 Å². The Morgan fingerprint density at radius 3 is 2.76 bits per heavy atom. The summed E-state index contributed by atoms with van der Waals surface area (Å²) in [6.07, 6.45) is 5.21. The van der Waals surface area contributed by atoms with E-state index in [1.54, 1.807) is 12.1 Å². The van der Waals surface area contributed by atoms with Gasteiger partial charge < -0.3 is 10.7 Å². The maximum Gasteiger partial charge on any atom is 0.149 e. The molecule has 1 fully saturated rings. The minimum Gasteiger partial charge on any atom is -0.383 e. The van der Waals surface area contributed by atoms with E-state index in [2.05, 4.69) is 15.7 Å². The van der Waals surface area contributed by atoms with Gasteiger partial charge in [-0.3, -0.25) is 10.8 Å². The molecule has 6 heteroatoms. The SMILES string of the molecule is NNc1c(NCC2CC2)ccc(-c2ccncc2F)c1Cl. The van der Waals surface area contributed by atoms with E-state index < -0.39 is 5.82 Å². The van der Waals surface area contributed by atoms with Gasteiger partial charge in [-0.2, -0.15) is 0 Å². The molecule has 3 rings (SSSR count). The summed E-state index contributed by atoms with van der Waals surface area (Å²) in [4.78, 5) is 3.75. The third-order valence-corrected chi connectivity index (χ3v) is 4.02. The van der Waals surface area contributed by atoms with Crippen LogP contribution in [0.1, 0.15) is 12.8 Å². The summed E-state index contributed by atoms with van der Waals surface area (Å²) in [6.45, 7) is 0.897. The van der Waals surface area contributed by atoms with Gasteiger partial charge in [-0.15, -0.1) is 0 Å². The average molecular weight is 307 g/mol. The van der Waals surface area contributed by atoms with Gasteiger partial charge in [-0.1, -0.05) is 17.7 Å². The van der Waals surface area contributed by atoms with E-state index in [-0.39, 0.29) is 0 Å². The van der Waals surface area contributed by atoms with E-state index in [9.17, 15) is 4.39 Å². The number of aromatic nitrogens is 1. The number of nitrogens with one attached hydrogen (secondary N) is 2. The van der Waals surface area contributed by atoms with Gasteiger partial charge in [-0.25, -0.2) is 4.39 Å². The molecule has 0 saturated heterocycles. The maximum atomic E-state index is 13.9. The maximum absolute atomic E-state index is 13.9. The van der Waals surface area contributed by atoms with E-state index in [0.29, 0.717) is 21.8 Å². The molecule has 0 spiro atoms. The Labute approximate surface area is 127 Å². The molecule has 0 radical (unpaired) electrons. The smallest absolute Gasteiger partial charge is 0.149 e. The van der Waals surface area contributed by atoms with Crippen LogP contribution in [0.2, 0.25) is 5.02 Å². The van der Waals surface area contributed by atoms with E-state index in [0.717, 1.165) is 18.2 Å². The fourth-order valence-electron chi connectivity index (χ4n) is 2.24. The molecule has 1 saturated carbocycles. The summed E-state index contributed by atoms with van der Waals surface area (Å²) >= 11 is 6.38. The summed E-state index contributed by atoms with van der Waals surface area (Å²) in [5.74, 6) is 5.89. The van der Waals surface area contributed by atoms with Crippen molar-refractivity contribution in [2.45, 2.75) is 12.8 Å². The van der Waals surface area contributed by atoms with Gasteiger partial charge in [0, 0.05) is 23.9 Å². The number of hydrogen-bond acceptors (Lipinski definition) is 4. The molecular weight excluding hydrogens is 291 g/mol. The van der Waals surface area contributed by atoms with Gasteiger partial charge in [0.05, 0.1) is 22.6 Å². The van der Waals surface area contributed by atoms with Crippen molar-refractivity contribution in [2.75, 3.05) is 17.3 Å². The zero-order valence-electron chi connectivity index (χ0n) is 11.4. The summed E-state index contributed by atoms with van der Waals surface area (Å²) < 4.78 is 13.9. The average Bonchev–Trinajstić information content (AvgIpc) is 3.30. The van der Waals surface area contributed by atoms with Crippen molar-refractivity contribution >= 4 is 23.0 Å². The first kappa shape index (κ1) is 14.1. The number of anilines is 2. The lowest BCUT2D eigenvalue weighted by molar-refractivity contribution is 0.625. The van der Waals surface area contributed by atoms with E-state index in [1.165, 1.54) is 25.2 Å². The van der Waals surface area contributed by atoms with Crippen LogP contribution in [-0.4, -0.2) is 11.5 Å². The van der Waals surface area contributed by atoms with Gasteiger partial charge >= 0.3 is 0 Å². The Morgan fingerprint density at radius 2 is 2.10 bits per heavy atom. The van der Waals surface area contributed by atoms with Gasteiger partial charge in [0.25, 0.3) is 0 Å². The fourth-order valence-corrected chi connectivity index (χ4v) is 2.56. The topological polar surface area (TPSA) is 63.0 Å². The molecule has 0 unspecified atom stereocenters. The number of nitrogen functional groups attached to an aromatic ring is 1. The van der Waals surface area contributed by atoms with Crippen LogP contribution in [0, 0.1) is 11.7 Å². The molecule has 0 aliphatic heterocycles. The minimum atomic E-state index is -0.416. The molecule has 4 N–H and O–H groups in total. The third-order valence-electron chi connectivity index (χ3n) is 3.63. The Balaban J connectivity index is 1.97. The zero-order valence-corrected chi connectivity index (χ0v) is 12.1. The highest BCUT2D eigenvalue weighted by molar-refractivity contribution is 6.36. The summed E-state index contributed by atoms with van der Waals surface area (Å²) in [6, 6.07) is 5.24. The second-order valence-corrected chi connectivity index (χ2v) is 5.55. The van der Waals surface area contributed by atoms with Crippen molar-refractivity contribution in [3.05, 3.63) is 41.4 Å². The number of benzene rings is 1. The van der Waals surface area contributed by atoms with E-state index >= 15 is 0 Å². The second kappa shape index (κ2) is 5.87. The van der Waals surface area contributed by atoms with E-state index in [1.807, 2.05) is 6.07 Å². The van der Waals surface area contributed by atoms with Crippen LogP contribution in [0.3, 0.4) is 0 Å². The number of hydrazine groups is 1. The quantitative estimate of drug-likeness (QED) is 0.583. The van der Waals surface area contributed by atoms with Crippen molar-refractivity contribution in [1.82, 2.24) is 4.98 Å². The Morgan fingerprint density at radius 1 is 1.29 bits per heavy atom. The van der Waals surface area contributed by atoms with Crippen molar-refractivity contribution in [1.29, 1.82) is 0 Å². The largest absolute Gasteiger partial charge is 0.383 e. The zero-order chi connectivity index (χ0) is 14.8. The third kappa shape index (κ3) is 2.94. The van der Waals surface area contributed by atoms with E-state index in [4.69, 9.17) is 17.4 Å². The number of halogens is 2. The Bertz CT molecular complexity index is 658. The summed E-state index contributed by atoms with van der Waals surface area (Å²) in [7, 11) is 0. The molecule has 1 aromatic heterocycles. The minimum absolute atomic E-state index is 0.392. The highest BCUT2D eigenvalue weighted by atomic mass is 35.5. The number of nitrogens with two attached hydrogens (primary N) is 1. The first-order valence-electron chi connectivity index (χ1n) is 6.83. The number of pyridine rings is 1. The predicted octanol–water partition coefficient (Wildman–Crippen LogP) is 3.65. The fraction of sp³-hybridized carbons (Fsp3) is 0.267. The number of rotatable bonds is 5. The summed E-state index contributed by atoms with van der Waals surface area (Å²) in [5, 5.41) is 3.72. The molecule has 1 aliphatic rings. The highest BCUT2D eigenvalue weighted by Gasteiger charge is 2.22. The predicted molar refractivity (Wildman–Crippen MR) is 83.7 cm³/mol. The van der Waals surface area contributed by atoms with Crippen LogP contribution in [0.4, 0.5) is 15.8 Å². The lowest BCUT2D eigenvalue weighted by Gasteiger charge is -2.16. The van der Waals surface area contributed by atoms with Crippen molar-refractivity contribution in [2.24, 2.45) is 11.8 Å². The van der Waals surface area contributed by atoms with Crippen LogP contribution >= 0.6 is 11.6 Å². The molecule has 0 amide bonds. The van der Waals surface area contributed by atoms with Crippen molar-refractivity contribution in [3.8, 4) is 11.1 Å². The van der Waals surface area contributed by atoms with Gasteiger partial charge in [0.15, 0.2) is 0 Å². The number of nitrogens with zero attached hydrogens (tertiary/aromatic N) is 1. The highest BCUT2D eigenvalue weighted by Crippen LogP contribution is 2.39. The molecule has 0 bridgehead atoms. The molecule has 1 aliphatic carbocycles. The normalized spacial score (nSPS) is 14.0. The van der Waals surface area contributed by atoms with Crippen molar-refractivity contribution < 1.29 is 4.39 Å². The van der Waals surface area contributed by atoms with Crippen LogP contribution in [-0.2, 0) is 0 Å². The molecule has 0 atom stereocenters. The Hall–Kier alpha value is -1.85. The molecule has 21 heavy (non-hydrogen) atoms. The Kier molecular flexibility index (Phi) is 3.94. The molecule has 1 aromatic carbocycles. The number of hydrogen-bond donors (Lipinski definition) is 3. The molecule has 4 nitrogen and oxygen atoms in total. The van der Waals surface area contributed by atoms with Crippen LogP contribution in [0.25, 0.3) is 11.1 Å². The van der Waals surface area contributed by atoms with Crippen LogP contribution < -0.4 is 16.6 Å². The van der Waals surface area contributed by atoms with Crippen LogP contribution in [0.15, 0.2) is 30.6 Å². The van der Waals surface area contributed by atoms with Gasteiger partial charge in [0.2, 0.25) is 0 Å². The molecule has 110 valence electrons. The molecule has 2 aromatic rings. The van der Waals surface area contributed by atoms with Crippen molar-refractivity contribution in [3.63, 3.8) is 0 Å². The molecule has 1 heterocycles. The summed E-state index contributed by atoms with van der Waals surface area (Å²) in [5.41, 5.74) is 4.99. The van der Waals surface area contributed by atoms with Gasteiger partial charge in [0.1, 0.15) is 5.82 Å². The molecular formula is C15H16ClFN4.